The standard InChI is InChI=1S/C14H24N2O4/c1-9(3-2-4-13(18)19)15-14(20)16-10-5-6-11(16)8-12(17)7-10/h9-12,17H,2-8H2,1H3,(H,15,20)(H,18,19). The number of hydrogen-bond donors (Lipinski definition) is 3. The lowest BCUT2D eigenvalue weighted by Gasteiger charge is -2.37. The minimum atomic E-state index is -0.799. The van der Waals surface area contributed by atoms with E-state index in [0.29, 0.717) is 25.7 Å². The average Bonchev–Trinajstić information content (AvgIpc) is 2.61. The summed E-state index contributed by atoms with van der Waals surface area (Å²) in [6.07, 6.45) is 4.41. The first kappa shape index (κ1) is 15.1. The van der Waals surface area contributed by atoms with Gasteiger partial charge < -0.3 is 20.4 Å². The van der Waals surface area contributed by atoms with E-state index in [9.17, 15) is 14.7 Å². The molecule has 2 amide bonds. The van der Waals surface area contributed by atoms with Gasteiger partial charge in [-0.25, -0.2) is 4.79 Å². The number of amides is 2. The fraction of sp³-hybridized carbons (Fsp3) is 0.857. The number of aliphatic hydroxyl groups excluding tert-OH is 1. The number of fused-ring (bicyclic) bond motifs is 2. The van der Waals surface area contributed by atoms with Gasteiger partial charge in [-0.1, -0.05) is 0 Å². The molecule has 2 aliphatic rings. The molecule has 0 aromatic carbocycles. The average molecular weight is 284 g/mol. The smallest absolute Gasteiger partial charge is 0.318 e. The maximum absolute atomic E-state index is 12.3. The number of rotatable bonds is 5. The van der Waals surface area contributed by atoms with Crippen molar-refractivity contribution in [1.82, 2.24) is 10.2 Å². The van der Waals surface area contributed by atoms with Crippen molar-refractivity contribution in [1.29, 1.82) is 0 Å². The van der Waals surface area contributed by atoms with Gasteiger partial charge in [0.15, 0.2) is 0 Å². The summed E-state index contributed by atoms with van der Waals surface area (Å²) in [5.41, 5.74) is 0. The van der Waals surface area contributed by atoms with Crippen molar-refractivity contribution >= 4 is 12.0 Å². The lowest BCUT2D eigenvalue weighted by Crippen LogP contribution is -2.53. The highest BCUT2D eigenvalue weighted by Gasteiger charge is 2.42. The van der Waals surface area contributed by atoms with Gasteiger partial charge in [-0.3, -0.25) is 4.79 Å². The third-order valence-corrected chi connectivity index (χ3v) is 4.34. The van der Waals surface area contributed by atoms with Gasteiger partial charge in [0.1, 0.15) is 0 Å². The molecule has 2 saturated heterocycles. The van der Waals surface area contributed by atoms with Crippen molar-refractivity contribution in [3.63, 3.8) is 0 Å². The van der Waals surface area contributed by atoms with E-state index in [-0.39, 0.29) is 36.7 Å². The molecule has 0 aliphatic carbocycles. The highest BCUT2D eigenvalue weighted by molar-refractivity contribution is 5.75. The van der Waals surface area contributed by atoms with Crippen molar-refractivity contribution in [3.05, 3.63) is 0 Å². The molecule has 0 saturated carbocycles. The molecule has 3 atom stereocenters. The summed E-state index contributed by atoms with van der Waals surface area (Å²) in [6, 6.07) is 0.241. The molecule has 2 aliphatic heterocycles. The third-order valence-electron chi connectivity index (χ3n) is 4.34. The van der Waals surface area contributed by atoms with Crippen LogP contribution in [0.3, 0.4) is 0 Å². The molecule has 2 heterocycles. The minimum Gasteiger partial charge on any atom is -0.481 e. The van der Waals surface area contributed by atoms with Crippen LogP contribution in [0.5, 0.6) is 0 Å². The summed E-state index contributed by atoms with van der Waals surface area (Å²) in [5, 5.41) is 21.3. The number of carbonyl (C=O) groups excluding carboxylic acids is 1. The van der Waals surface area contributed by atoms with Crippen molar-refractivity contribution < 1.29 is 19.8 Å². The largest absolute Gasteiger partial charge is 0.481 e. The van der Waals surface area contributed by atoms with E-state index in [0.717, 1.165) is 12.8 Å². The zero-order chi connectivity index (χ0) is 14.7. The van der Waals surface area contributed by atoms with Crippen molar-refractivity contribution in [3.8, 4) is 0 Å². The second-order valence-electron chi connectivity index (χ2n) is 6.05. The van der Waals surface area contributed by atoms with Crippen molar-refractivity contribution in [2.75, 3.05) is 0 Å². The van der Waals surface area contributed by atoms with Gasteiger partial charge in [0.25, 0.3) is 0 Å². The lowest BCUT2D eigenvalue weighted by molar-refractivity contribution is -0.137. The molecule has 20 heavy (non-hydrogen) atoms. The Bertz CT molecular complexity index is 360. The zero-order valence-corrected chi connectivity index (χ0v) is 11.9. The molecule has 6 nitrogen and oxygen atoms in total. The maximum Gasteiger partial charge on any atom is 0.318 e. The summed E-state index contributed by atoms with van der Waals surface area (Å²) in [6.45, 7) is 1.90. The molecule has 0 spiro atoms. The number of aliphatic carboxylic acids is 1. The van der Waals surface area contributed by atoms with Crippen LogP contribution in [0, 0.1) is 0 Å². The molecule has 2 bridgehead atoms. The van der Waals surface area contributed by atoms with Gasteiger partial charge in [-0.15, -0.1) is 0 Å². The number of nitrogens with zero attached hydrogens (tertiary/aromatic N) is 1. The van der Waals surface area contributed by atoms with E-state index in [1.807, 2.05) is 11.8 Å². The van der Waals surface area contributed by atoms with Gasteiger partial charge in [0.05, 0.1) is 6.10 Å². The fourth-order valence-electron chi connectivity index (χ4n) is 3.40. The number of urea groups is 1. The first-order valence-electron chi connectivity index (χ1n) is 7.46. The van der Waals surface area contributed by atoms with Gasteiger partial charge >= 0.3 is 12.0 Å². The van der Waals surface area contributed by atoms with E-state index in [2.05, 4.69) is 5.32 Å². The van der Waals surface area contributed by atoms with Crippen LogP contribution in [-0.4, -0.2) is 51.3 Å². The molecule has 3 N–H and O–H groups in total. The van der Waals surface area contributed by atoms with Crippen molar-refractivity contribution in [2.24, 2.45) is 0 Å². The molecule has 0 aromatic rings. The van der Waals surface area contributed by atoms with E-state index in [4.69, 9.17) is 5.11 Å². The van der Waals surface area contributed by atoms with Crippen LogP contribution >= 0.6 is 0 Å². The summed E-state index contributed by atoms with van der Waals surface area (Å²) in [5.74, 6) is -0.799. The van der Waals surface area contributed by atoms with Crippen LogP contribution in [0.2, 0.25) is 0 Å². The predicted molar refractivity (Wildman–Crippen MR) is 73.4 cm³/mol. The highest BCUT2D eigenvalue weighted by Crippen LogP contribution is 2.35. The van der Waals surface area contributed by atoms with Gasteiger partial charge in [0, 0.05) is 24.5 Å². The molecular formula is C14H24N2O4. The Kier molecular flexibility index (Phi) is 4.86. The molecule has 3 unspecified atom stereocenters. The first-order chi connectivity index (χ1) is 9.47. The number of nitrogens with one attached hydrogen (secondary N) is 1. The Morgan fingerprint density at radius 3 is 2.45 bits per heavy atom. The summed E-state index contributed by atoms with van der Waals surface area (Å²) in [4.78, 5) is 24.6. The zero-order valence-electron chi connectivity index (χ0n) is 11.9. The molecule has 114 valence electrons. The number of piperidine rings is 1. The van der Waals surface area contributed by atoms with E-state index in [1.165, 1.54) is 0 Å². The highest BCUT2D eigenvalue weighted by atomic mass is 16.4. The first-order valence-corrected chi connectivity index (χ1v) is 7.46. The molecular weight excluding hydrogens is 260 g/mol. The topological polar surface area (TPSA) is 89.9 Å². The lowest BCUT2D eigenvalue weighted by atomic mass is 10.0. The number of hydrogen-bond acceptors (Lipinski definition) is 3. The van der Waals surface area contributed by atoms with Gasteiger partial charge in [-0.2, -0.15) is 0 Å². The number of carboxylic acids is 1. The molecule has 2 fully saturated rings. The summed E-state index contributed by atoms with van der Waals surface area (Å²) >= 11 is 0. The summed E-state index contributed by atoms with van der Waals surface area (Å²) in [7, 11) is 0. The van der Waals surface area contributed by atoms with Crippen LogP contribution in [0.1, 0.15) is 51.9 Å². The molecule has 0 aromatic heterocycles. The predicted octanol–water partition coefficient (Wildman–Crippen LogP) is 1.33. The Balaban J connectivity index is 1.79. The monoisotopic (exact) mass is 284 g/mol. The second kappa shape index (κ2) is 6.43. The Labute approximate surface area is 119 Å². The fourth-order valence-corrected chi connectivity index (χ4v) is 3.40. The second-order valence-corrected chi connectivity index (χ2v) is 6.05. The third kappa shape index (κ3) is 3.62. The SMILES string of the molecule is CC(CCCC(=O)O)NC(=O)N1C2CCC1CC(O)C2. The van der Waals surface area contributed by atoms with E-state index < -0.39 is 5.97 Å². The maximum atomic E-state index is 12.3. The van der Waals surface area contributed by atoms with Crippen LogP contribution in [0.4, 0.5) is 4.79 Å². The van der Waals surface area contributed by atoms with Crippen LogP contribution in [0.25, 0.3) is 0 Å². The molecule has 0 radical (unpaired) electrons. The van der Waals surface area contributed by atoms with Crippen LogP contribution in [-0.2, 0) is 4.79 Å². The number of carbonyl (C=O) groups is 2. The quantitative estimate of drug-likeness (QED) is 0.710. The summed E-state index contributed by atoms with van der Waals surface area (Å²) < 4.78 is 0. The molecule has 2 rings (SSSR count). The van der Waals surface area contributed by atoms with Crippen molar-refractivity contribution in [2.45, 2.75) is 76.1 Å². The minimum absolute atomic E-state index is 0.0203. The Morgan fingerprint density at radius 2 is 1.90 bits per heavy atom. The van der Waals surface area contributed by atoms with E-state index in [1.54, 1.807) is 0 Å². The van der Waals surface area contributed by atoms with Crippen LogP contribution < -0.4 is 5.32 Å². The molecule has 6 heteroatoms. The number of carboxylic acid groups (broad SMARTS) is 1. The van der Waals surface area contributed by atoms with Gasteiger partial charge in [-0.05, 0) is 45.4 Å². The number of aliphatic hydroxyl groups is 1. The van der Waals surface area contributed by atoms with E-state index >= 15 is 0 Å². The Morgan fingerprint density at radius 1 is 1.30 bits per heavy atom. The normalized spacial score (nSPS) is 30.1. The van der Waals surface area contributed by atoms with Crippen LogP contribution in [0.15, 0.2) is 0 Å². The van der Waals surface area contributed by atoms with Gasteiger partial charge in [0.2, 0.25) is 0 Å². The Hall–Kier alpha value is -1.30.